The minimum atomic E-state index is -0.358. The van der Waals surface area contributed by atoms with Crippen molar-refractivity contribution in [2.24, 2.45) is 7.05 Å². The molecule has 0 atom stereocenters. The summed E-state index contributed by atoms with van der Waals surface area (Å²) in [5, 5.41) is 5.34. The third-order valence-electron chi connectivity index (χ3n) is 3.33. The Bertz CT molecular complexity index is 686. The number of hydrogen-bond donors (Lipinski definition) is 2. The van der Waals surface area contributed by atoms with E-state index in [4.69, 9.17) is 0 Å². The van der Waals surface area contributed by atoms with Crippen LogP contribution in [0, 0.1) is 6.92 Å². The molecule has 0 aliphatic carbocycles. The van der Waals surface area contributed by atoms with Crippen LogP contribution in [0.5, 0.6) is 0 Å². The summed E-state index contributed by atoms with van der Waals surface area (Å²) in [6, 6.07) is 8.96. The van der Waals surface area contributed by atoms with E-state index in [2.05, 4.69) is 10.6 Å². The van der Waals surface area contributed by atoms with Crippen LogP contribution in [0.4, 0.5) is 10.5 Å². The minimum Gasteiger partial charge on any atom is -0.338 e. The van der Waals surface area contributed by atoms with Gasteiger partial charge in [-0.1, -0.05) is 25.1 Å². The fourth-order valence-electron chi connectivity index (χ4n) is 2.11. The molecule has 0 spiro atoms. The summed E-state index contributed by atoms with van der Waals surface area (Å²) in [7, 11) is 1.79. The maximum atomic E-state index is 12.5. The zero-order chi connectivity index (χ0) is 15.4. The molecule has 0 aliphatic rings. The van der Waals surface area contributed by atoms with E-state index >= 15 is 0 Å². The van der Waals surface area contributed by atoms with Gasteiger partial charge in [0, 0.05) is 13.6 Å². The Balaban J connectivity index is 2.37. The first kappa shape index (κ1) is 14.9. The molecule has 0 fully saturated rings. The SMILES string of the molecule is CCCNC(=O)Nc1c(C)n(C)n(-c2ccccc2)c1=O. The zero-order valence-electron chi connectivity index (χ0n) is 12.5. The van der Waals surface area contributed by atoms with Gasteiger partial charge in [-0.3, -0.25) is 9.48 Å². The van der Waals surface area contributed by atoms with Crippen molar-refractivity contribution in [3.63, 3.8) is 0 Å². The van der Waals surface area contributed by atoms with Gasteiger partial charge in [0.1, 0.15) is 5.69 Å². The first-order valence-electron chi connectivity index (χ1n) is 6.95. The lowest BCUT2D eigenvalue weighted by Crippen LogP contribution is -2.31. The van der Waals surface area contributed by atoms with E-state index in [-0.39, 0.29) is 11.6 Å². The molecule has 0 aliphatic heterocycles. The number of hydrogen-bond acceptors (Lipinski definition) is 2. The number of benzene rings is 1. The van der Waals surface area contributed by atoms with Gasteiger partial charge in [-0.05, 0) is 25.5 Å². The summed E-state index contributed by atoms with van der Waals surface area (Å²) in [6.45, 7) is 4.34. The molecule has 1 heterocycles. The molecule has 0 bridgehead atoms. The normalized spacial score (nSPS) is 10.4. The lowest BCUT2D eigenvalue weighted by molar-refractivity contribution is 0.252. The Kier molecular flexibility index (Phi) is 4.47. The largest absolute Gasteiger partial charge is 0.338 e. The van der Waals surface area contributed by atoms with Crippen molar-refractivity contribution in [2.75, 3.05) is 11.9 Å². The molecule has 112 valence electrons. The summed E-state index contributed by atoms with van der Waals surface area (Å²) < 4.78 is 3.26. The summed E-state index contributed by atoms with van der Waals surface area (Å²) in [5.74, 6) is 0. The highest BCUT2D eigenvalue weighted by molar-refractivity contribution is 5.89. The molecule has 2 aromatic rings. The smallest absolute Gasteiger partial charge is 0.319 e. The molecule has 21 heavy (non-hydrogen) atoms. The zero-order valence-corrected chi connectivity index (χ0v) is 12.5. The van der Waals surface area contributed by atoms with E-state index in [9.17, 15) is 9.59 Å². The van der Waals surface area contributed by atoms with Crippen molar-refractivity contribution in [1.29, 1.82) is 0 Å². The molecule has 6 nitrogen and oxygen atoms in total. The van der Waals surface area contributed by atoms with Crippen molar-refractivity contribution in [2.45, 2.75) is 20.3 Å². The Labute approximate surface area is 123 Å². The van der Waals surface area contributed by atoms with Crippen molar-refractivity contribution in [3.05, 3.63) is 46.4 Å². The van der Waals surface area contributed by atoms with E-state index in [1.165, 1.54) is 4.68 Å². The van der Waals surface area contributed by atoms with E-state index in [0.717, 1.165) is 12.1 Å². The summed E-state index contributed by atoms with van der Waals surface area (Å²) in [4.78, 5) is 24.3. The maximum absolute atomic E-state index is 12.5. The number of carbonyl (C=O) groups excluding carboxylic acids is 1. The monoisotopic (exact) mass is 288 g/mol. The number of carbonyl (C=O) groups is 1. The number of anilines is 1. The quantitative estimate of drug-likeness (QED) is 0.903. The number of urea groups is 1. The Morgan fingerprint density at radius 1 is 1.24 bits per heavy atom. The van der Waals surface area contributed by atoms with Gasteiger partial charge in [0.2, 0.25) is 0 Å². The highest BCUT2D eigenvalue weighted by Crippen LogP contribution is 2.13. The molecule has 6 heteroatoms. The molecular formula is C15H20N4O2. The molecule has 1 aromatic heterocycles. The molecule has 0 unspecified atom stereocenters. The Hall–Kier alpha value is -2.50. The van der Waals surface area contributed by atoms with Gasteiger partial charge in [-0.15, -0.1) is 0 Å². The molecule has 2 N–H and O–H groups in total. The highest BCUT2D eigenvalue weighted by Gasteiger charge is 2.17. The Morgan fingerprint density at radius 2 is 1.90 bits per heavy atom. The van der Waals surface area contributed by atoms with Crippen LogP contribution in [-0.4, -0.2) is 21.9 Å². The standard InChI is InChI=1S/C15H20N4O2/c1-4-10-16-15(21)17-13-11(2)18(3)19(14(13)20)12-8-6-5-7-9-12/h5-9H,4,10H2,1-3H3,(H2,16,17,21). The number of aromatic nitrogens is 2. The molecule has 2 rings (SSSR count). The fourth-order valence-corrected chi connectivity index (χ4v) is 2.11. The van der Waals surface area contributed by atoms with Crippen molar-refractivity contribution in [1.82, 2.24) is 14.7 Å². The van der Waals surface area contributed by atoms with E-state index in [1.807, 2.05) is 37.3 Å². The molecule has 0 radical (unpaired) electrons. The van der Waals surface area contributed by atoms with Gasteiger partial charge in [0.25, 0.3) is 5.56 Å². The van der Waals surface area contributed by atoms with Gasteiger partial charge < -0.3 is 10.6 Å². The second kappa shape index (κ2) is 6.30. The van der Waals surface area contributed by atoms with Crippen LogP contribution in [0.3, 0.4) is 0 Å². The van der Waals surface area contributed by atoms with Gasteiger partial charge >= 0.3 is 6.03 Å². The number of nitrogens with zero attached hydrogens (tertiary/aromatic N) is 2. The molecule has 0 saturated carbocycles. The first-order valence-corrected chi connectivity index (χ1v) is 6.95. The van der Waals surface area contributed by atoms with Gasteiger partial charge in [-0.2, -0.15) is 0 Å². The molecular weight excluding hydrogens is 268 g/mol. The second-order valence-electron chi connectivity index (χ2n) is 4.82. The highest BCUT2D eigenvalue weighted by atomic mass is 16.2. The summed E-state index contributed by atoms with van der Waals surface area (Å²) in [6.07, 6.45) is 0.843. The summed E-state index contributed by atoms with van der Waals surface area (Å²) >= 11 is 0. The average Bonchev–Trinajstić information content (AvgIpc) is 2.70. The number of para-hydroxylation sites is 1. The second-order valence-corrected chi connectivity index (χ2v) is 4.82. The lowest BCUT2D eigenvalue weighted by atomic mass is 10.3. The van der Waals surface area contributed by atoms with E-state index in [0.29, 0.717) is 17.9 Å². The average molecular weight is 288 g/mol. The number of rotatable bonds is 4. The number of amides is 2. The van der Waals surface area contributed by atoms with Crippen LogP contribution in [0.25, 0.3) is 5.69 Å². The minimum absolute atomic E-state index is 0.243. The van der Waals surface area contributed by atoms with Crippen molar-refractivity contribution >= 4 is 11.7 Å². The van der Waals surface area contributed by atoms with Gasteiger partial charge in [0.15, 0.2) is 0 Å². The van der Waals surface area contributed by atoms with Crippen LogP contribution in [0.2, 0.25) is 0 Å². The van der Waals surface area contributed by atoms with Crippen LogP contribution >= 0.6 is 0 Å². The third kappa shape index (κ3) is 2.99. The van der Waals surface area contributed by atoms with Crippen LogP contribution < -0.4 is 16.2 Å². The van der Waals surface area contributed by atoms with E-state index in [1.54, 1.807) is 18.7 Å². The fraction of sp³-hybridized carbons (Fsp3) is 0.333. The predicted molar refractivity (Wildman–Crippen MR) is 83.1 cm³/mol. The first-order chi connectivity index (χ1) is 10.1. The molecule has 1 aromatic carbocycles. The van der Waals surface area contributed by atoms with Crippen molar-refractivity contribution in [3.8, 4) is 5.69 Å². The van der Waals surface area contributed by atoms with Gasteiger partial charge in [-0.25, -0.2) is 9.48 Å². The van der Waals surface area contributed by atoms with Crippen LogP contribution in [0.1, 0.15) is 19.0 Å². The Morgan fingerprint density at radius 3 is 2.52 bits per heavy atom. The predicted octanol–water partition coefficient (Wildman–Crippen LogP) is 2.02. The summed E-state index contributed by atoms with van der Waals surface area (Å²) in [5.41, 5.74) is 1.52. The molecule has 2 amide bonds. The lowest BCUT2D eigenvalue weighted by Gasteiger charge is -2.07. The number of nitrogens with one attached hydrogen (secondary N) is 2. The van der Waals surface area contributed by atoms with E-state index < -0.39 is 0 Å². The third-order valence-corrected chi connectivity index (χ3v) is 3.33. The maximum Gasteiger partial charge on any atom is 0.319 e. The van der Waals surface area contributed by atoms with Crippen LogP contribution in [-0.2, 0) is 7.05 Å². The van der Waals surface area contributed by atoms with Crippen LogP contribution in [0.15, 0.2) is 35.1 Å². The van der Waals surface area contributed by atoms with Gasteiger partial charge in [0.05, 0.1) is 11.4 Å². The van der Waals surface area contributed by atoms with Crippen molar-refractivity contribution < 1.29 is 4.79 Å². The topological polar surface area (TPSA) is 68.1 Å². The molecule has 0 saturated heterocycles.